The Morgan fingerprint density at radius 1 is 1.20 bits per heavy atom. The van der Waals surface area contributed by atoms with E-state index in [-0.39, 0.29) is 0 Å². The van der Waals surface area contributed by atoms with Gasteiger partial charge in [0.25, 0.3) is 0 Å². The van der Waals surface area contributed by atoms with Crippen molar-refractivity contribution >= 4 is 17.3 Å². The molecule has 1 N–H and O–H groups in total. The van der Waals surface area contributed by atoms with E-state index in [4.69, 9.17) is 11.6 Å². The van der Waals surface area contributed by atoms with Crippen molar-refractivity contribution in [2.75, 3.05) is 38.1 Å². The Kier molecular flexibility index (Phi) is 4.49. The van der Waals surface area contributed by atoms with Crippen molar-refractivity contribution in [3.05, 3.63) is 28.8 Å². The molecule has 0 bridgehead atoms. The van der Waals surface area contributed by atoms with E-state index in [2.05, 4.69) is 34.3 Å². The summed E-state index contributed by atoms with van der Waals surface area (Å²) in [5.41, 5.74) is 2.70. The number of nitrogens with one attached hydrogen (secondary N) is 1. The highest BCUT2D eigenvalue weighted by Crippen LogP contribution is 2.27. The molecule has 1 saturated carbocycles. The van der Waals surface area contributed by atoms with Crippen LogP contribution in [-0.2, 0) is 6.54 Å². The first-order valence-corrected chi connectivity index (χ1v) is 8.05. The van der Waals surface area contributed by atoms with Crippen LogP contribution in [0, 0.1) is 0 Å². The second kappa shape index (κ2) is 6.33. The van der Waals surface area contributed by atoms with Gasteiger partial charge in [-0.05, 0) is 56.6 Å². The number of rotatable bonds is 4. The van der Waals surface area contributed by atoms with Gasteiger partial charge in [-0.3, -0.25) is 0 Å². The van der Waals surface area contributed by atoms with Gasteiger partial charge in [-0.1, -0.05) is 11.6 Å². The van der Waals surface area contributed by atoms with E-state index in [9.17, 15) is 0 Å². The van der Waals surface area contributed by atoms with Crippen molar-refractivity contribution in [3.8, 4) is 0 Å². The fraction of sp³-hybridized carbons (Fsp3) is 0.625. The van der Waals surface area contributed by atoms with Crippen LogP contribution in [-0.4, -0.2) is 44.2 Å². The topological polar surface area (TPSA) is 18.5 Å². The molecule has 0 spiro atoms. The molecule has 1 saturated heterocycles. The maximum Gasteiger partial charge on any atom is 0.0413 e. The molecule has 0 unspecified atom stereocenters. The Balaban J connectivity index is 1.75. The smallest absolute Gasteiger partial charge is 0.0413 e. The summed E-state index contributed by atoms with van der Waals surface area (Å²) in [5, 5.41) is 4.45. The van der Waals surface area contributed by atoms with Crippen molar-refractivity contribution in [1.29, 1.82) is 0 Å². The van der Waals surface area contributed by atoms with Gasteiger partial charge in [-0.25, -0.2) is 0 Å². The average molecular weight is 294 g/mol. The van der Waals surface area contributed by atoms with E-state index in [0.717, 1.165) is 37.2 Å². The number of benzene rings is 1. The molecule has 4 heteroatoms. The Hall–Kier alpha value is -0.770. The first-order chi connectivity index (χ1) is 9.72. The Morgan fingerprint density at radius 2 is 2.05 bits per heavy atom. The molecule has 0 aromatic heterocycles. The molecule has 1 aromatic carbocycles. The first-order valence-electron chi connectivity index (χ1n) is 7.68. The van der Waals surface area contributed by atoms with E-state index >= 15 is 0 Å². The minimum atomic E-state index is 0.733. The normalized spacial score (nSPS) is 21.0. The molecule has 0 atom stereocenters. The lowest BCUT2D eigenvalue weighted by molar-refractivity contribution is 0.360. The van der Waals surface area contributed by atoms with E-state index in [1.807, 2.05) is 6.07 Å². The highest BCUT2D eigenvalue weighted by molar-refractivity contribution is 6.30. The molecular formula is C16H24ClN3. The number of hydrogen-bond acceptors (Lipinski definition) is 3. The van der Waals surface area contributed by atoms with Gasteiger partial charge in [-0.15, -0.1) is 0 Å². The summed E-state index contributed by atoms with van der Waals surface area (Å²) in [7, 11) is 2.21. The predicted octanol–water partition coefficient (Wildman–Crippen LogP) is 2.73. The number of anilines is 1. The molecule has 2 aliphatic rings. The van der Waals surface area contributed by atoms with Crippen LogP contribution in [0.4, 0.5) is 5.69 Å². The van der Waals surface area contributed by atoms with Crippen LogP contribution in [0.1, 0.15) is 24.8 Å². The van der Waals surface area contributed by atoms with Crippen LogP contribution >= 0.6 is 11.6 Å². The van der Waals surface area contributed by atoms with Crippen LogP contribution in [0.25, 0.3) is 0 Å². The molecule has 1 aliphatic heterocycles. The highest BCUT2D eigenvalue weighted by atomic mass is 35.5. The number of hydrogen-bond donors (Lipinski definition) is 1. The summed E-state index contributed by atoms with van der Waals surface area (Å²) < 4.78 is 0. The van der Waals surface area contributed by atoms with E-state index < -0.39 is 0 Å². The van der Waals surface area contributed by atoms with Gasteiger partial charge in [0, 0.05) is 42.9 Å². The third-order valence-corrected chi connectivity index (χ3v) is 4.50. The zero-order valence-electron chi connectivity index (χ0n) is 12.2. The lowest BCUT2D eigenvalue weighted by atomic mass is 10.1. The molecule has 1 aliphatic carbocycles. The molecule has 20 heavy (non-hydrogen) atoms. The summed E-state index contributed by atoms with van der Waals surface area (Å²) in [6.07, 6.45) is 3.88. The molecule has 2 fully saturated rings. The van der Waals surface area contributed by atoms with E-state index in [1.165, 1.54) is 37.1 Å². The highest BCUT2D eigenvalue weighted by Gasteiger charge is 2.21. The molecule has 3 rings (SSSR count). The van der Waals surface area contributed by atoms with Crippen LogP contribution in [0.2, 0.25) is 5.02 Å². The Morgan fingerprint density at radius 3 is 2.85 bits per heavy atom. The lowest BCUT2D eigenvalue weighted by Crippen LogP contribution is -2.30. The van der Waals surface area contributed by atoms with Crippen molar-refractivity contribution in [2.24, 2.45) is 0 Å². The predicted molar refractivity (Wildman–Crippen MR) is 85.6 cm³/mol. The monoisotopic (exact) mass is 293 g/mol. The lowest BCUT2D eigenvalue weighted by Gasteiger charge is -2.26. The van der Waals surface area contributed by atoms with E-state index in [0.29, 0.717) is 0 Å². The molecule has 110 valence electrons. The van der Waals surface area contributed by atoms with Crippen LogP contribution in [0.3, 0.4) is 0 Å². The second-order valence-electron chi connectivity index (χ2n) is 6.07. The molecule has 0 radical (unpaired) electrons. The third kappa shape index (κ3) is 3.66. The fourth-order valence-corrected chi connectivity index (χ4v) is 3.03. The number of likely N-dealkylation sites (N-methyl/N-ethyl adjacent to an activating group) is 1. The van der Waals surface area contributed by atoms with Gasteiger partial charge >= 0.3 is 0 Å². The molecule has 1 aromatic rings. The van der Waals surface area contributed by atoms with Crippen molar-refractivity contribution < 1.29 is 0 Å². The molecule has 0 amide bonds. The van der Waals surface area contributed by atoms with Gasteiger partial charge in [0.05, 0.1) is 0 Å². The van der Waals surface area contributed by atoms with Crippen LogP contribution in [0.15, 0.2) is 18.2 Å². The van der Waals surface area contributed by atoms with Crippen LogP contribution in [0.5, 0.6) is 0 Å². The Labute approximate surface area is 126 Å². The fourth-order valence-electron chi connectivity index (χ4n) is 2.83. The minimum absolute atomic E-state index is 0.733. The zero-order chi connectivity index (χ0) is 13.9. The first kappa shape index (κ1) is 14.2. The zero-order valence-corrected chi connectivity index (χ0v) is 13.0. The molecule has 3 nitrogen and oxygen atoms in total. The number of halogens is 1. The van der Waals surface area contributed by atoms with Gasteiger partial charge < -0.3 is 15.1 Å². The summed E-state index contributed by atoms with van der Waals surface area (Å²) in [4.78, 5) is 4.93. The maximum absolute atomic E-state index is 6.19. The quantitative estimate of drug-likeness (QED) is 0.921. The average Bonchev–Trinajstić information content (AvgIpc) is 3.25. The second-order valence-corrected chi connectivity index (χ2v) is 6.51. The largest absolute Gasteiger partial charge is 0.370 e. The summed E-state index contributed by atoms with van der Waals surface area (Å²) in [6, 6.07) is 7.07. The van der Waals surface area contributed by atoms with Crippen LogP contribution < -0.4 is 10.2 Å². The maximum atomic E-state index is 6.19. The van der Waals surface area contributed by atoms with Crippen molar-refractivity contribution in [3.63, 3.8) is 0 Å². The van der Waals surface area contributed by atoms with Gasteiger partial charge in [0.2, 0.25) is 0 Å². The minimum Gasteiger partial charge on any atom is -0.370 e. The van der Waals surface area contributed by atoms with E-state index in [1.54, 1.807) is 0 Å². The third-order valence-electron chi connectivity index (χ3n) is 4.26. The molecular weight excluding hydrogens is 270 g/mol. The summed E-state index contributed by atoms with van der Waals surface area (Å²) >= 11 is 6.19. The summed E-state index contributed by atoms with van der Waals surface area (Å²) in [6.45, 7) is 5.52. The summed E-state index contributed by atoms with van der Waals surface area (Å²) in [5.74, 6) is 0. The number of nitrogens with zero attached hydrogens (tertiary/aromatic N) is 2. The SMILES string of the molecule is CN1CCCN(c2ccc(Cl)cc2CNC2CC2)CC1. The van der Waals surface area contributed by atoms with Gasteiger partial charge in [0.1, 0.15) is 0 Å². The van der Waals surface area contributed by atoms with Gasteiger partial charge in [0.15, 0.2) is 0 Å². The molecule has 1 heterocycles. The van der Waals surface area contributed by atoms with Gasteiger partial charge in [-0.2, -0.15) is 0 Å². The standard InChI is InChI=1S/C16H24ClN3/c1-19-7-2-8-20(10-9-19)16-6-3-14(17)11-13(16)12-18-15-4-5-15/h3,6,11,15,18H,2,4-5,7-10,12H2,1H3. The van der Waals surface area contributed by atoms with Crippen molar-refractivity contribution in [2.45, 2.75) is 31.8 Å². The van der Waals surface area contributed by atoms with Crippen molar-refractivity contribution in [1.82, 2.24) is 10.2 Å². The Bertz CT molecular complexity index is 459.